The van der Waals surface area contributed by atoms with Gasteiger partial charge in [-0.25, -0.2) is 9.78 Å². The van der Waals surface area contributed by atoms with Gasteiger partial charge in [-0.3, -0.25) is 9.38 Å². The highest BCUT2D eigenvalue weighted by atomic mass is 19.4. The van der Waals surface area contributed by atoms with Crippen LogP contribution in [0.2, 0.25) is 0 Å². The number of hydrogen-bond acceptors (Lipinski definition) is 4. The molecule has 0 saturated carbocycles. The van der Waals surface area contributed by atoms with Gasteiger partial charge in [-0.15, -0.1) is 0 Å². The largest absolute Gasteiger partial charge is 0.491 e. The van der Waals surface area contributed by atoms with Crippen LogP contribution in [0.25, 0.3) is 38.9 Å². The lowest BCUT2D eigenvalue weighted by Gasteiger charge is -2.10. The minimum absolute atomic E-state index is 0.171. The van der Waals surface area contributed by atoms with Gasteiger partial charge in [0.25, 0.3) is 0 Å². The molecule has 0 bridgehead atoms. The number of carboxylic acid groups (broad SMARTS) is 1. The highest BCUT2D eigenvalue weighted by Gasteiger charge is 2.38. The average molecular weight is 493 g/mol. The Labute approximate surface area is 204 Å². The number of ether oxygens (including phenoxy) is 1. The smallest absolute Gasteiger partial charge is 0.490 e. The molecule has 0 unspecified atom stereocenters. The molecule has 0 radical (unpaired) electrons. The van der Waals surface area contributed by atoms with Gasteiger partial charge in [0.2, 0.25) is 0 Å². The molecule has 9 heteroatoms. The van der Waals surface area contributed by atoms with Crippen molar-refractivity contribution >= 4 is 22.5 Å². The third kappa shape index (κ3) is 5.63. The molecule has 3 aromatic heterocycles. The van der Waals surface area contributed by atoms with E-state index in [1.54, 1.807) is 0 Å². The molecule has 5 rings (SSSR count). The molecule has 0 atom stereocenters. The number of carbonyl (C=O) groups is 1. The van der Waals surface area contributed by atoms with Gasteiger partial charge in [0.15, 0.2) is 0 Å². The first kappa shape index (κ1) is 24.7. The Bertz CT molecular complexity index is 1510. The zero-order valence-corrected chi connectivity index (χ0v) is 19.4. The van der Waals surface area contributed by atoms with Crippen molar-refractivity contribution in [2.24, 2.45) is 0 Å². The molecule has 0 spiro atoms. The number of pyridine rings is 2. The lowest BCUT2D eigenvalue weighted by molar-refractivity contribution is -0.192. The summed E-state index contributed by atoms with van der Waals surface area (Å²) in [5.74, 6) is -1.87. The van der Waals surface area contributed by atoms with E-state index in [-0.39, 0.29) is 6.10 Å². The van der Waals surface area contributed by atoms with Gasteiger partial charge in [-0.1, -0.05) is 30.3 Å². The summed E-state index contributed by atoms with van der Waals surface area (Å²) in [5.41, 5.74) is 6.26. The molecule has 184 valence electrons. The molecular weight excluding hydrogens is 471 g/mol. The predicted octanol–water partition coefficient (Wildman–Crippen LogP) is 6.64. The molecule has 6 nitrogen and oxygen atoms in total. The standard InChI is InChI=1S/C25H21N3O.C2HF3O2/c1-17(2)29-22-9-7-18(8-10-22)19-11-12-28-24(16-27-25(28)14-19)21-13-20-5-3-4-6-23(20)26-15-21;3-2(4,5)1(6)7/h3-17H,1-2H3;(H,6,7). The normalized spacial score (nSPS) is 11.4. The number of nitrogens with zero attached hydrogens (tertiary/aromatic N) is 3. The number of aromatic nitrogens is 3. The van der Waals surface area contributed by atoms with E-state index in [9.17, 15) is 13.2 Å². The van der Waals surface area contributed by atoms with Gasteiger partial charge >= 0.3 is 12.1 Å². The van der Waals surface area contributed by atoms with E-state index in [1.807, 2.05) is 56.6 Å². The number of halogens is 3. The minimum atomic E-state index is -5.08. The Morgan fingerprint density at radius 3 is 2.28 bits per heavy atom. The van der Waals surface area contributed by atoms with Crippen LogP contribution in [-0.4, -0.2) is 37.7 Å². The van der Waals surface area contributed by atoms with Gasteiger partial charge in [0.05, 0.1) is 23.5 Å². The van der Waals surface area contributed by atoms with Gasteiger partial charge in [0.1, 0.15) is 11.4 Å². The lowest BCUT2D eigenvalue weighted by atomic mass is 10.1. The first-order valence-corrected chi connectivity index (χ1v) is 11.0. The number of imidazole rings is 1. The van der Waals surface area contributed by atoms with Crippen LogP contribution in [-0.2, 0) is 4.79 Å². The van der Waals surface area contributed by atoms with Crippen molar-refractivity contribution in [3.8, 4) is 28.1 Å². The van der Waals surface area contributed by atoms with Crippen LogP contribution < -0.4 is 4.74 Å². The molecule has 0 amide bonds. The Balaban J connectivity index is 0.000000384. The highest BCUT2D eigenvalue weighted by molar-refractivity contribution is 5.83. The molecule has 0 aliphatic rings. The van der Waals surface area contributed by atoms with E-state index in [2.05, 4.69) is 57.0 Å². The van der Waals surface area contributed by atoms with Crippen molar-refractivity contribution in [1.82, 2.24) is 14.4 Å². The summed E-state index contributed by atoms with van der Waals surface area (Å²) in [6, 6.07) is 22.7. The Hall–Kier alpha value is -4.40. The van der Waals surface area contributed by atoms with Crippen molar-refractivity contribution in [2.45, 2.75) is 26.1 Å². The SMILES string of the molecule is CC(C)Oc1ccc(-c2ccn3c(-c4cnc5ccccc5c4)cnc3c2)cc1.O=C(O)C(F)(F)F. The summed E-state index contributed by atoms with van der Waals surface area (Å²) in [7, 11) is 0. The lowest BCUT2D eigenvalue weighted by Crippen LogP contribution is -2.21. The summed E-state index contributed by atoms with van der Waals surface area (Å²) in [5, 5.41) is 8.25. The molecular formula is C27H22F3N3O3. The first-order chi connectivity index (χ1) is 17.1. The topological polar surface area (TPSA) is 76.7 Å². The summed E-state index contributed by atoms with van der Waals surface area (Å²) in [4.78, 5) is 18.1. The van der Waals surface area contributed by atoms with Gasteiger partial charge in [0, 0.05) is 23.3 Å². The van der Waals surface area contributed by atoms with Crippen molar-refractivity contribution < 1.29 is 27.8 Å². The number of alkyl halides is 3. The molecule has 0 aliphatic carbocycles. The molecule has 0 aliphatic heterocycles. The Kier molecular flexibility index (Phi) is 6.91. The second-order valence-electron chi connectivity index (χ2n) is 8.20. The fraction of sp³-hybridized carbons (Fsp3) is 0.148. The predicted molar refractivity (Wildman–Crippen MR) is 131 cm³/mol. The third-order valence-corrected chi connectivity index (χ3v) is 5.20. The summed E-state index contributed by atoms with van der Waals surface area (Å²) < 4.78 is 39.6. The second-order valence-corrected chi connectivity index (χ2v) is 8.20. The number of hydrogen-bond donors (Lipinski definition) is 1. The molecule has 3 heterocycles. The van der Waals surface area contributed by atoms with Gasteiger partial charge < -0.3 is 9.84 Å². The van der Waals surface area contributed by atoms with Crippen LogP contribution in [0.4, 0.5) is 13.2 Å². The van der Waals surface area contributed by atoms with E-state index >= 15 is 0 Å². The second kappa shape index (κ2) is 10.1. The van der Waals surface area contributed by atoms with E-state index in [4.69, 9.17) is 14.6 Å². The van der Waals surface area contributed by atoms with Crippen LogP contribution in [0.3, 0.4) is 0 Å². The molecule has 0 saturated heterocycles. The van der Waals surface area contributed by atoms with Gasteiger partial charge in [-0.05, 0) is 61.4 Å². The Morgan fingerprint density at radius 2 is 1.61 bits per heavy atom. The fourth-order valence-electron chi connectivity index (χ4n) is 3.58. The average Bonchev–Trinajstić information content (AvgIpc) is 3.27. The number of benzene rings is 2. The first-order valence-electron chi connectivity index (χ1n) is 11.0. The molecule has 36 heavy (non-hydrogen) atoms. The summed E-state index contributed by atoms with van der Waals surface area (Å²) in [6.45, 7) is 4.06. The summed E-state index contributed by atoms with van der Waals surface area (Å²) >= 11 is 0. The van der Waals surface area contributed by atoms with E-state index in [1.165, 1.54) is 0 Å². The highest BCUT2D eigenvalue weighted by Crippen LogP contribution is 2.28. The fourth-order valence-corrected chi connectivity index (χ4v) is 3.58. The van der Waals surface area contributed by atoms with Crippen molar-refractivity contribution in [2.75, 3.05) is 0 Å². The molecule has 1 N–H and O–H groups in total. The van der Waals surface area contributed by atoms with E-state index < -0.39 is 12.1 Å². The van der Waals surface area contributed by atoms with Crippen LogP contribution >= 0.6 is 0 Å². The van der Waals surface area contributed by atoms with Crippen LogP contribution in [0, 0.1) is 0 Å². The van der Waals surface area contributed by atoms with Crippen LogP contribution in [0.1, 0.15) is 13.8 Å². The maximum Gasteiger partial charge on any atom is 0.490 e. The zero-order valence-electron chi connectivity index (χ0n) is 19.4. The van der Waals surface area contributed by atoms with Crippen molar-refractivity contribution in [1.29, 1.82) is 0 Å². The third-order valence-electron chi connectivity index (χ3n) is 5.20. The van der Waals surface area contributed by atoms with Crippen LogP contribution in [0.5, 0.6) is 5.75 Å². The monoisotopic (exact) mass is 493 g/mol. The Morgan fingerprint density at radius 1 is 0.917 bits per heavy atom. The van der Waals surface area contributed by atoms with E-state index in [0.29, 0.717) is 0 Å². The van der Waals surface area contributed by atoms with Crippen LogP contribution in [0.15, 0.2) is 85.3 Å². The maximum absolute atomic E-state index is 10.6. The van der Waals surface area contributed by atoms with Crippen molar-refractivity contribution in [3.63, 3.8) is 0 Å². The molecule has 2 aromatic carbocycles. The summed E-state index contributed by atoms with van der Waals surface area (Å²) in [6.07, 6.45) is 0.975. The quantitative estimate of drug-likeness (QED) is 0.304. The molecule has 0 fully saturated rings. The maximum atomic E-state index is 10.6. The van der Waals surface area contributed by atoms with Crippen molar-refractivity contribution in [3.05, 3.63) is 85.3 Å². The number of aliphatic carboxylic acids is 1. The minimum Gasteiger partial charge on any atom is -0.491 e. The van der Waals surface area contributed by atoms with Gasteiger partial charge in [-0.2, -0.15) is 13.2 Å². The molecule has 5 aromatic rings. The number of rotatable bonds is 4. The number of para-hydroxylation sites is 1. The van der Waals surface area contributed by atoms with E-state index in [0.717, 1.165) is 44.7 Å². The zero-order chi connectivity index (χ0) is 25.9. The number of fused-ring (bicyclic) bond motifs is 2. The number of carboxylic acids is 1.